The molecule has 2 N–H and O–H groups in total. The van der Waals surface area contributed by atoms with Gasteiger partial charge in [-0.1, -0.05) is 37.3 Å². The van der Waals surface area contributed by atoms with Crippen molar-refractivity contribution in [2.24, 2.45) is 5.92 Å². The first kappa shape index (κ1) is 18.0. The van der Waals surface area contributed by atoms with E-state index >= 15 is 0 Å². The molecule has 1 unspecified atom stereocenters. The molecule has 5 nitrogen and oxygen atoms in total. The Balaban J connectivity index is 1.72. The zero-order chi connectivity index (χ0) is 17.9. The largest absolute Gasteiger partial charge is 0.325 e. The molecular weight excluding hydrogens is 356 g/mol. The van der Waals surface area contributed by atoms with Crippen LogP contribution in [0.15, 0.2) is 58.3 Å². The summed E-state index contributed by atoms with van der Waals surface area (Å²) in [5.74, 6) is 0.486. The molecule has 1 aliphatic rings. The number of nitrogens with one attached hydrogen (secondary N) is 2. The molecule has 1 aliphatic heterocycles. The zero-order valence-corrected chi connectivity index (χ0v) is 15.5. The molecule has 2 aromatic rings. The minimum absolute atomic E-state index is 0.0853. The van der Waals surface area contributed by atoms with Crippen LogP contribution in [-0.2, 0) is 21.2 Å². The molecule has 0 fully saturated rings. The second kappa shape index (κ2) is 7.59. The van der Waals surface area contributed by atoms with E-state index in [1.54, 1.807) is 23.9 Å². The number of hydrogen-bond donors (Lipinski definition) is 2. The van der Waals surface area contributed by atoms with Gasteiger partial charge in [0.1, 0.15) is 0 Å². The molecule has 0 saturated carbocycles. The molecule has 0 aromatic heterocycles. The molecule has 25 heavy (non-hydrogen) atoms. The monoisotopic (exact) mass is 376 g/mol. The summed E-state index contributed by atoms with van der Waals surface area (Å²) in [6.07, 6.45) is 0.620. The van der Waals surface area contributed by atoms with Crippen LogP contribution in [0.1, 0.15) is 12.5 Å². The molecule has 0 radical (unpaired) electrons. The van der Waals surface area contributed by atoms with Crippen molar-refractivity contribution in [2.75, 3.05) is 17.6 Å². The molecular formula is C18H20N2O3S2. The van der Waals surface area contributed by atoms with Gasteiger partial charge in [-0.3, -0.25) is 4.79 Å². The normalized spacial score (nSPS) is 17.5. The van der Waals surface area contributed by atoms with Crippen LogP contribution in [-0.4, -0.2) is 26.6 Å². The maximum atomic E-state index is 12.5. The number of rotatable bonds is 5. The van der Waals surface area contributed by atoms with Crippen LogP contribution in [0, 0.1) is 5.92 Å². The number of amides is 1. The molecule has 1 atom stereocenters. The second-order valence-electron chi connectivity index (χ2n) is 5.99. The second-order valence-corrected chi connectivity index (χ2v) is 8.82. The first-order valence-corrected chi connectivity index (χ1v) is 10.5. The van der Waals surface area contributed by atoms with Gasteiger partial charge >= 0.3 is 0 Å². The maximum Gasteiger partial charge on any atom is 0.240 e. The van der Waals surface area contributed by atoms with Crippen molar-refractivity contribution < 1.29 is 13.2 Å². The number of carbonyl (C=O) groups is 1. The van der Waals surface area contributed by atoms with Gasteiger partial charge in [0.25, 0.3) is 0 Å². The maximum absolute atomic E-state index is 12.5. The number of benzene rings is 2. The summed E-state index contributed by atoms with van der Waals surface area (Å²) in [5.41, 5.74) is 1.63. The van der Waals surface area contributed by atoms with Crippen LogP contribution in [0.5, 0.6) is 0 Å². The summed E-state index contributed by atoms with van der Waals surface area (Å²) in [7, 11) is -3.62. The van der Waals surface area contributed by atoms with Crippen LogP contribution >= 0.6 is 11.8 Å². The van der Waals surface area contributed by atoms with Crippen molar-refractivity contribution in [3.63, 3.8) is 0 Å². The first-order chi connectivity index (χ1) is 12.0. The van der Waals surface area contributed by atoms with Gasteiger partial charge in [-0.15, -0.1) is 11.8 Å². The van der Waals surface area contributed by atoms with Gasteiger partial charge in [0.15, 0.2) is 0 Å². The molecule has 0 bridgehead atoms. The molecule has 1 amide bonds. The van der Waals surface area contributed by atoms with E-state index in [0.29, 0.717) is 24.4 Å². The lowest BCUT2D eigenvalue weighted by Gasteiger charge is -2.11. The summed E-state index contributed by atoms with van der Waals surface area (Å²) in [6, 6.07) is 14.6. The third kappa shape index (κ3) is 4.42. The summed E-state index contributed by atoms with van der Waals surface area (Å²) in [4.78, 5) is 13.0. The first-order valence-electron chi connectivity index (χ1n) is 8.07. The highest BCUT2D eigenvalue weighted by molar-refractivity contribution is 7.99. The van der Waals surface area contributed by atoms with Crippen LogP contribution in [0.25, 0.3) is 0 Å². The predicted octanol–water partition coefficient (Wildman–Crippen LogP) is 2.89. The van der Waals surface area contributed by atoms with Crippen molar-refractivity contribution in [3.05, 3.63) is 54.1 Å². The number of thioether (sulfide) groups is 1. The van der Waals surface area contributed by atoms with E-state index in [-0.39, 0.29) is 16.7 Å². The SMILES string of the molecule is CC1CSc2ccc(S(=O)(=O)NCCc3ccccc3)cc2NC1=O. The smallest absolute Gasteiger partial charge is 0.240 e. The Hall–Kier alpha value is -1.83. The van der Waals surface area contributed by atoms with E-state index < -0.39 is 10.0 Å². The summed E-state index contributed by atoms with van der Waals surface area (Å²) in [5, 5.41) is 2.81. The number of anilines is 1. The number of sulfonamides is 1. The Morgan fingerprint density at radius 1 is 1.20 bits per heavy atom. The molecule has 2 aromatic carbocycles. The average molecular weight is 377 g/mol. The van der Waals surface area contributed by atoms with Gasteiger partial charge in [0, 0.05) is 23.1 Å². The highest BCUT2D eigenvalue weighted by Crippen LogP contribution is 2.34. The lowest BCUT2D eigenvalue weighted by molar-refractivity contribution is -0.118. The Bertz CT molecular complexity index is 867. The third-order valence-corrected chi connectivity index (χ3v) is 6.80. The van der Waals surface area contributed by atoms with E-state index in [4.69, 9.17) is 0 Å². The number of carbonyl (C=O) groups excluding carboxylic acids is 1. The highest BCUT2D eigenvalue weighted by atomic mass is 32.2. The van der Waals surface area contributed by atoms with E-state index in [2.05, 4.69) is 10.0 Å². The lowest BCUT2D eigenvalue weighted by Crippen LogP contribution is -2.26. The van der Waals surface area contributed by atoms with Gasteiger partial charge in [-0.25, -0.2) is 13.1 Å². The van der Waals surface area contributed by atoms with Crippen LogP contribution in [0.3, 0.4) is 0 Å². The fraction of sp³-hybridized carbons (Fsp3) is 0.278. The molecule has 0 aliphatic carbocycles. The Labute approximate surface area is 152 Å². The van der Waals surface area contributed by atoms with Crippen LogP contribution in [0.2, 0.25) is 0 Å². The Kier molecular flexibility index (Phi) is 5.46. The summed E-state index contributed by atoms with van der Waals surface area (Å²) in [6.45, 7) is 2.18. The molecule has 1 heterocycles. The quantitative estimate of drug-likeness (QED) is 0.841. The van der Waals surface area contributed by atoms with Gasteiger partial charge < -0.3 is 5.32 Å². The number of hydrogen-bond acceptors (Lipinski definition) is 4. The van der Waals surface area contributed by atoms with E-state index in [0.717, 1.165) is 10.5 Å². The molecule has 3 rings (SSSR count). The fourth-order valence-electron chi connectivity index (χ4n) is 2.50. The molecule has 7 heteroatoms. The lowest BCUT2D eigenvalue weighted by atomic mass is 10.2. The Morgan fingerprint density at radius 3 is 2.72 bits per heavy atom. The molecule has 132 valence electrons. The Morgan fingerprint density at radius 2 is 1.96 bits per heavy atom. The summed E-state index contributed by atoms with van der Waals surface area (Å²) >= 11 is 1.56. The van der Waals surface area contributed by atoms with Gasteiger partial charge in [-0.05, 0) is 30.2 Å². The van der Waals surface area contributed by atoms with E-state index in [9.17, 15) is 13.2 Å². The van der Waals surface area contributed by atoms with Crippen molar-refractivity contribution in [3.8, 4) is 0 Å². The topological polar surface area (TPSA) is 75.3 Å². The molecule has 0 saturated heterocycles. The minimum Gasteiger partial charge on any atom is -0.325 e. The van der Waals surface area contributed by atoms with Crippen molar-refractivity contribution in [2.45, 2.75) is 23.1 Å². The van der Waals surface area contributed by atoms with Gasteiger partial charge in [-0.2, -0.15) is 0 Å². The minimum atomic E-state index is -3.62. The molecule has 0 spiro atoms. The highest BCUT2D eigenvalue weighted by Gasteiger charge is 2.22. The van der Waals surface area contributed by atoms with Crippen molar-refractivity contribution >= 4 is 33.4 Å². The van der Waals surface area contributed by atoms with Crippen molar-refractivity contribution in [1.82, 2.24) is 4.72 Å². The predicted molar refractivity (Wildman–Crippen MR) is 100 cm³/mol. The van der Waals surface area contributed by atoms with Crippen LogP contribution in [0.4, 0.5) is 5.69 Å². The zero-order valence-electron chi connectivity index (χ0n) is 13.9. The third-order valence-electron chi connectivity index (χ3n) is 4.00. The van der Waals surface area contributed by atoms with Crippen LogP contribution < -0.4 is 10.0 Å². The standard InChI is InChI=1S/C18H20N2O3S2/c1-13-12-24-17-8-7-15(11-16(17)20-18(13)21)25(22,23)19-10-9-14-5-3-2-4-6-14/h2-8,11,13,19H,9-10,12H2,1H3,(H,20,21). The average Bonchev–Trinajstić information content (AvgIpc) is 2.74. The summed E-state index contributed by atoms with van der Waals surface area (Å²) < 4.78 is 27.6. The van der Waals surface area contributed by atoms with Gasteiger partial charge in [0.2, 0.25) is 15.9 Å². The van der Waals surface area contributed by atoms with E-state index in [1.807, 2.05) is 37.3 Å². The van der Waals surface area contributed by atoms with Crippen molar-refractivity contribution in [1.29, 1.82) is 0 Å². The van der Waals surface area contributed by atoms with Gasteiger partial charge in [0.05, 0.1) is 10.6 Å². The van der Waals surface area contributed by atoms with E-state index in [1.165, 1.54) is 6.07 Å². The fourth-order valence-corrected chi connectivity index (χ4v) is 4.57. The number of fused-ring (bicyclic) bond motifs is 1.